The molecule has 0 radical (unpaired) electrons. The fourth-order valence-corrected chi connectivity index (χ4v) is 3.77. The van der Waals surface area contributed by atoms with Crippen molar-refractivity contribution in [2.24, 2.45) is 0 Å². The van der Waals surface area contributed by atoms with E-state index in [4.69, 9.17) is 27.9 Å². The van der Waals surface area contributed by atoms with Crippen LogP contribution in [-0.2, 0) is 12.7 Å². The smallest absolute Gasteiger partial charge is 0.449 e. The number of fused-ring (bicyclic) bond motifs is 1. The van der Waals surface area contributed by atoms with E-state index in [9.17, 15) is 27.9 Å². The first-order chi connectivity index (χ1) is 16.5. The maximum atomic E-state index is 13.6. The van der Waals surface area contributed by atoms with E-state index >= 15 is 0 Å². The minimum Gasteiger partial charge on any atom is -0.491 e. The lowest BCUT2D eigenvalue weighted by molar-refractivity contribution is -0.148. The summed E-state index contributed by atoms with van der Waals surface area (Å²) < 4.78 is 47.1. The van der Waals surface area contributed by atoms with Crippen molar-refractivity contribution >= 4 is 40.1 Å². The molecule has 0 unspecified atom stereocenters. The van der Waals surface area contributed by atoms with Gasteiger partial charge in [0.25, 0.3) is 5.56 Å². The number of alkyl halides is 3. The van der Waals surface area contributed by atoms with Crippen LogP contribution in [0.25, 0.3) is 22.0 Å². The first-order valence-corrected chi connectivity index (χ1v) is 10.7. The lowest BCUT2D eigenvalue weighted by atomic mass is 10.0. The van der Waals surface area contributed by atoms with Crippen molar-refractivity contribution in [2.45, 2.75) is 12.7 Å². The molecule has 0 aliphatic heterocycles. The average Bonchev–Trinajstić information content (AvgIpc) is 2.81. The number of ether oxygens (including phenoxy) is 1. The number of pyridine rings is 1. The predicted molar refractivity (Wildman–Crippen MR) is 123 cm³/mol. The van der Waals surface area contributed by atoms with Crippen LogP contribution in [0.15, 0.2) is 59.5 Å². The number of hydrogen-bond acceptors (Lipinski definition) is 5. The molecular weight excluding hydrogens is 510 g/mol. The Kier molecular flexibility index (Phi) is 6.68. The molecule has 0 amide bonds. The van der Waals surface area contributed by atoms with Crippen molar-refractivity contribution in [3.05, 3.63) is 86.6 Å². The summed E-state index contributed by atoms with van der Waals surface area (Å²) in [6.45, 7) is -0.809. The number of carboxylic acid groups (broad SMARTS) is 1. The highest BCUT2D eigenvalue weighted by molar-refractivity contribution is 6.31. The van der Waals surface area contributed by atoms with E-state index in [1.807, 2.05) is 0 Å². The van der Waals surface area contributed by atoms with Crippen molar-refractivity contribution in [3.63, 3.8) is 0 Å². The molecule has 2 aromatic heterocycles. The number of nitrogens with zero attached hydrogens (tertiary/aromatic N) is 3. The third-order valence-electron chi connectivity index (χ3n) is 5.00. The number of aromatic nitrogens is 3. The van der Waals surface area contributed by atoms with Gasteiger partial charge in [-0.2, -0.15) is 13.2 Å². The predicted octanol–water partition coefficient (Wildman–Crippen LogP) is 5.56. The summed E-state index contributed by atoms with van der Waals surface area (Å²) in [5, 5.41) is 9.42. The quantitative estimate of drug-likeness (QED) is 0.332. The van der Waals surface area contributed by atoms with Gasteiger partial charge in [0.15, 0.2) is 0 Å². The molecule has 4 aromatic rings. The second-order valence-electron chi connectivity index (χ2n) is 7.29. The van der Waals surface area contributed by atoms with E-state index in [0.717, 1.165) is 12.3 Å². The van der Waals surface area contributed by atoms with Gasteiger partial charge in [0.1, 0.15) is 17.5 Å². The average molecular weight is 524 g/mol. The van der Waals surface area contributed by atoms with Gasteiger partial charge >= 0.3 is 12.1 Å². The van der Waals surface area contributed by atoms with Crippen molar-refractivity contribution in [1.29, 1.82) is 0 Å². The standard InChI is InChI=1S/C23H14Cl2F3N3O4/c24-14-4-5-18(15(9-14)12-2-1-3-13(8-12)21(33)34)35-7-6-31-20(32)16-10-19(25)29-11-17(16)30-22(31)23(26,27)28/h1-5,8-11H,6-7H2,(H,33,34). The van der Waals surface area contributed by atoms with Crippen LogP contribution in [0.3, 0.4) is 0 Å². The maximum Gasteiger partial charge on any atom is 0.449 e. The Morgan fingerprint density at radius 3 is 2.60 bits per heavy atom. The molecule has 0 saturated heterocycles. The molecule has 4 rings (SSSR count). The van der Waals surface area contributed by atoms with Gasteiger partial charge in [-0.25, -0.2) is 14.8 Å². The van der Waals surface area contributed by atoms with Gasteiger partial charge in [-0.1, -0.05) is 35.3 Å². The van der Waals surface area contributed by atoms with Crippen LogP contribution in [0.2, 0.25) is 10.2 Å². The van der Waals surface area contributed by atoms with Gasteiger partial charge in [0, 0.05) is 10.6 Å². The van der Waals surface area contributed by atoms with E-state index in [1.165, 1.54) is 30.3 Å². The minimum atomic E-state index is -4.91. The zero-order valence-electron chi connectivity index (χ0n) is 17.5. The molecule has 0 saturated carbocycles. The van der Waals surface area contributed by atoms with Gasteiger partial charge in [-0.3, -0.25) is 9.36 Å². The van der Waals surface area contributed by atoms with Crippen LogP contribution in [0.1, 0.15) is 16.2 Å². The number of carbonyl (C=O) groups is 1. The molecule has 0 fully saturated rings. The van der Waals surface area contributed by atoms with Crippen molar-refractivity contribution in [3.8, 4) is 16.9 Å². The Morgan fingerprint density at radius 2 is 1.89 bits per heavy atom. The topological polar surface area (TPSA) is 94.3 Å². The number of aromatic carboxylic acids is 1. The van der Waals surface area contributed by atoms with E-state index in [1.54, 1.807) is 12.1 Å². The maximum absolute atomic E-state index is 13.6. The highest BCUT2D eigenvalue weighted by Gasteiger charge is 2.37. The lowest BCUT2D eigenvalue weighted by Crippen LogP contribution is -2.32. The molecule has 180 valence electrons. The number of halogens is 5. The molecule has 7 nitrogen and oxygen atoms in total. The second-order valence-corrected chi connectivity index (χ2v) is 8.11. The van der Waals surface area contributed by atoms with Gasteiger partial charge in [-0.05, 0) is 42.0 Å². The van der Waals surface area contributed by atoms with Crippen LogP contribution < -0.4 is 10.3 Å². The molecule has 1 N–H and O–H groups in total. The highest BCUT2D eigenvalue weighted by Crippen LogP contribution is 2.33. The molecule has 0 aliphatic carbocycles. The summed E-state index contributed by atoms with van der Waals surface area (Å²) in [7, 11) is 0. The Bertz CT molecular complexity index is 1510. The molecule has 0 bridgehead atoms. The van der Waals surface area contributed by atoms with Gasteiger partial charge in [-0.15, -0.1) is 0 Å². The molecule has 0 atom stereocenters. The monoisotopic (exact) mass is 523 g/mol. The molecule has 35 heavy (non-hydrogen) atoms. The van der Waals surface area contributed by atoms with Crippen LogP contribution >= 0.6 is 23.2 Å². The molecule has 0 aliphatic rings. The lowest BCUT2D eigenvalue weighted by Gasteiger charge is -2.17. The van der Waals surface area contributed by atoms with Gasteiger partial charge in [0.05, 0.1) is 29.2 Å². The summed E-state index contributed by atoms with van der Waals surface area (Å²) in [5.41, 5.74) is -0.239. The Morgan fingerprint density at radius 1 is 1.11 bits per heavy atom. The number of rotatable bonds is 6. The van der Waals surface area contributed by atoms with Crippen LogP contribution in [-0.4, -0.2) is 32.2 Å². The third-order valence-corrected chi connectivity index (χ3v) is 5.44. The second kappa shape index (κ2) is 9.55. The Balaban J connectivity index is 1.68. The van der Waals surface area contributed by atoms with Crippen molar-refractivity contribution < 1.29 is 27.8 Å². The first kappa shape index (κ1) is 24.5. The summed E-state index contributed by atoms with van der Waals surface area (Å²) in [6.07, 6.45) is -3.91. The van der Waals surface area contributed by atoms with Crippen LogP contribution in [0, 0.1) is 0 Å². The fourth-order valence-electron chi connectivity index (χ4n) is 3.44. The molecular formula is C23H14Cl2F3N3O4. The van der Waals surface area contributed by atoms with Crippen LogP contribution in [0.4, 0.5) is 13.2 Å². The molecule has 0 spiro atoms. The summed E-state index contributed by atoms with van der Waals surface area (Å²) in [5.74, 6) is -2.29. The van der Waals surface area contributed by atoms with Crippen molar-refractivity contribution in [1.82, 2.24) is 14.5 Å². The minimum absolute atomic E-state index is 0.0326. The Hall–Kier alpha value is -3.63. The molecule has 2 aromatic carbocycles. The largest absolute Gasteiger partial charge is 0.491 e. The first-order valence-electron chi connectivity index (χ1n) is 9.94. The molecule has 2 heterocycles. The molecule has 12 heteroatoms. The summed E-state index contributed by atoms with van der Waals surface area (Å²) >= 11 is 11.9. The van der Waals surface area contributed by atoms with E-state index in [-0.39, 0.29) is 34.0 Å². The van der Waals surface area contributed by atoms with E-state index in [2.05, 4.69) is 9.97 Å². The summed E-state index contributed by atoms with van der Waals surface area (Å²) in [6, 6.07) is 11.7. The summed E-state index contributed by atoms with van der Waals surface area (Å²) in [4.78, 5) is 31.4. The van der Waals surface area contributed by atoms with Crippen molar-refractivity contribution in [2.75, 3.05) is 6.61 Å². The number of carboxylic acids is 1. The highest BCUT2D eigenvalue weighted by atomic mass is 35.5. The van der Waals surface area contributed by atoms with Gasteiger partial charge < -0.3 is 9.84 Å². The van der Waals surface area contributed by atoms with Gasteiger partial charge in [0.2, 0.25) is 5.82 Å². The SMILES string of the molecule is O=C(O)c1cccc(-c2cc(Cl)ccc2OCCn2c(C(F)(F)F)nc3cnc(Cl)cc3c2=O)c1. The zero-order chi connectivity index (χ0) is 25.3. The van der Waals surface area contributed by atoms with E-state index < -0.39 is 30.1 Å². The normalized spacial score (nSPS) is 11.6. The third kappa shape index (κ3) is 5.23. The van der Waals surface area contributed by atoms with E-state index in [0.29, 0.717) is 20.7 Å². The zero-order valence-corrected chi connectivity index (χ0v) is 19.0. The Labute approximate surface area is 205 Å². The van der Waals surface area contributed by atoms with Crippen LogP contribution in [0.5, 0.6) is 5.75 Å². The number of hydrogen-bond donors (Lipinski definition) is 1. The fraction of sp³-hybridized carbons (Fsp3) is 0.130. The number of benzene rings is 2.